The normalized spacial score (nSPS) is 20.9. The summed E-state index contributed by atoms with van der Waals surface area (Å²) in [7, 11) is -0.735. The van der Waals surface area contributed by atoms with E-state index in [1.807, 2.05) is 27.7 Å². The number of carbonyl (C=O) groups is 1. The van der Waals surface area contributed by atoms with Gasteiger partial charge in [-0.05, 0) is 55.3 Å². The van der Waals surface area contributed by atoms with Crippen LogP contribution in [0.25, 0.3) is 0 Å². The minimum Gasteiger partial charge on any atom is -0.506 e. The largest absolute Gasteiger partial charge is 0.506 e. The van der Waals surface area contributed by atoms with Gasteiger partial charge >= 0.3 is 13.1 Å². The van der Waals surface area contributed by atoms with Crippen molar-refractivity contribution in [2.75, 3.05) is 0 Å². The number of hydrogen-bond acceptors (Lipinski definition) is 4. The van der Waals surface area contributed by atoms with E-state index in [4.69, 9.17) is 9.31 Å². The van der Waals surface area contributed by atoms with Crippen molar-refractivity contribution in [2.45, 2.75) is 51.1 Å². The Balaban J connectivity index is 2.40. The lowest BCUT2D eigenvalue weighted by atomic mass is 9.66. The molecule has 1 unspecified atom stereocenters. The smallest absolute Gasteiger partial charge is 0.466 e. The highest BCUT2D eigenvalue weighted by molar-refractivity contribution is 9.10. The first-order valence-electron chi connectivity index (χ1n) is 7.10. The molecule has 2 rings (SSSR count). The molecule has 1 aliphatic heterocycles. The fraction of sp³-hybridized carbons (Fsp3) is 0.533. The molecule has 1 aromatic carbocycles. The van der Waals surface area contributed by atoms with Crippen LogP contribution in [0.2, 0.25) is 0 Å². The Morgan fingerprint density at radius 1 is 1.27 bits per heavy atom. The number of para-hydroxylation sites is 1. The van der Waals surface area contributed by atoms with Gasteiger partial charge < -0.3 is 19.5 Å². The van der Waals surface area contributed by atoms with Crippen LogP contribution in [0.3, 0.4) is 0 Å². The van der Waals surface area contributed by atoms with Crippen LogP contribution in [-0.4, -0.2) is 34.5 Å². The van der Waals surface area contributed by atoms with E-state index < -0.39 is 30.1 Å². The Morgan fingerprint density at radius 3 is 2.32 bits per heavy atom. The van der Waals surface area contributed by atoms with Crippen LogP contribution in [0.1, 0.15) is 45.5 Å². The van der Waals surface area contributed by atoms with Crippen LogP contribution in [0.15, 0.2) is 22.7 Å². The number of carboxylic acids is 1. The molecule has 2 N–H and O–H groups in total. The molecule has 1 fully saturated rings. The molecule has 0 spiro atoms. The Kier molecular flexibility index (Phi) is 4.62. The maximum atomic E-state index is 11.3. The lowest BCUT2D eigenvalue weighted by Gasteiger charge is -2.32. The molecular formula is C15H20BBrO5. The van der Waals surface area contributed by atoms with E-state index in [0.29, 0.717) is 10.0 Å². The highest BCUT2D eigenvalue weighted by atomic mass is 79.9. The van der Waals surface area contributed by atoms with Crippen LogP contribution in [0, 0.1) is 0 Å². The third kappa shape index (κ3) is 3.16. The maximum Gasteiger partial charge on any atom is 0.466 e. The van der Waals surface area contributed by atoms with Crippen molar-refractivity contribution in [3.05, 3.63) is 28.2 Å². The topological polar surface area (TPSA) is 76.0 Å². The highest BCUT2D eigenvalue weighted by Crippen LogP contribution is 2.44. The van der Waals surface area contributed by atoms with Crippen LogP contribution in [0.4, 0.5) is 0 Å². The standard InChI is InChI=1S/C15H20BBrO5/c1-14(2)15(3,4)22-16(21-14)10(8-12(18)19)9-6-5-7-11(17)13(9)20/h5-7,10,20H,8H2,1-4H3,(H,18,19). The van der Waals surface area contributed by atoms with Gasteiger partial charge in [0.15, 0.2) is 0 Å². The minimum atomic E-state index is -0.973. The fourth-order valence-electron chi connectivity index (χ4n) is 2.43. The first-order valence-corrected chi connectivity index (χ1v) is 7.89. The van der Waals surface area contributed by atoms with E-state index in [-0.39, 0.29) is 12.2 Å². The summed E-state index contributed by atoms with van der Waals surface area (Å²) in [5, 5.41) is 19.5. The van der Waals surface area contributed by atoms with Gasteiger partial charge in [-0.2, -0.15) is 0 Å². The van der Waals surface area contributed by atoms with Crippen molar-refractivity contribution in [1.82, 2.24) is 0 Å². The predicted octanol–water partition coefficient (Wildman–Crippen LogP) is 3.34. The number of aliphatic carboxylic acids is 1. The minimum absolute atomic E-state index is 0.0171. The highest BCUT2D eigenvalue weighted by Gasteiger charge is 2.54. The second-order valence-electron chi connectivity index (χ2n) is 6.51. The Hall–Kier alpha value is -1.05. The number of rotatable bonds is 4. The summed E-state index contributed by atoms with van der Waals surface area (Å²) in [6.45, 7) is 7.63. The Labute approximate surface area is 138 Å². The van der Waals surface area contributed by atoms with Crippen molar-refractivity contribution in [1.29, 1.82) is 0 Å². The molecule has 1 saturated heterocycles. The Bertz CT molecular complexity index is 571. The van der Waals surface area contributed by atoms with E-state index >= 15 is 0 Å². The average molecular weight is 371 g/mol. The van der Waals surface area contributed by atoms with Gasteiger partial charge in [0.1, 0.15) is 5.75 Å². The summed E-state index contributed by atoms with van der Waals surface area (Å²) >= 11 is 3.25. The third-order valence-electron chi connectivity index (χ3n) is 4.41. The summed E-state index contributed by atoms with van der Waals surface area (Å²) < 4.78 is 12.4. The molecule has 1 aliphatic rings. The molecule has 7 heteroatoms. The number of phenols is 1. The fourth-order valence-corrected chi connectivity index (χ4v) is 2.81. The molecule has 0 saturated carbocycles. The lowest BCUT2D eigenvalue weighted by Crippen LogP contribution is -2.41. The van der Waals surface area contributed by atoms with Crippen LogP contribution in [0.5, 0.6) is 5.75 Å². The zero-order valence-corrected chi connectivity index (χ0v) is 14.7. The molecule has 0 amide bonds. The number of phenolic OH excluding ortho intramolecular Hbond substituents is 1. The molecule has 0 aliphatic carbocycles. The summed E-state index contributed by atoms with van der Waals surface area (Å²) in [5.41, 5.74) is -0.623. The number of carboxylic acid groups (broad SMARTS) is 1. The van der Waals surface area contributed by atoms with E-state index in [1.165, 1.54) is 0 Å². The summed E-state index contributed by atoms with van der Waals surface area (Å²) in [6.07, 6.45) is -0.194. The van der Waals surface area contributed by atoms with Gasteiger partial charge in [-0.3, -0.25) is 4.79 Å². The third-order valence-corrected chi connectivity index (χ3v) is 5.05. The van der Waals surface area contributed by atoms with Gasteiger partial charge in [0.2, 0.25) is 0 Å². The molecule has 1 atom stereocenters. The number of benzene rings is 1. The summed E-state index contributed by atoms with van der Waals surface area (Å²) in [6, 6.07) is 5.14. The monoisotopic (exact) mass is 370 g/mol. The average Bonchev–Trinajstić information content (AvgIpc) is 2.59. The molecular weight excluding hydrogens is 351 g/mol. The SMILES string of the molecule is CC1(C)OB(C(CC(=O)O)c2cccc(Br)c2O)OC1(C)C. The van der Waals surface area contributed by atoms with Crippen molar-refractivity contribution in [3.8, 4) is 5.75 Å². The van der Waals surface area contributed by atoms with E-state index in [0.717, 1.165) is 0 Å². The number of aromatic hydroxyl groups is 1. The van der Waals surface area contributed by atoms with E-state index in [9.17, 15) is 15.0 Å². The quantitative estimate of drug-likeness (QED) is 0.795. The van der Waals surface area contributed by atoms with E-state index in [1.54, 1.807) is 18.2 Å². The van der Waals surface area contributed by atoms with Gasteiger partial charge in [0.25, 0.3) is 0 Å². The molecule has 1 aromatic rings. The molecule has 0 aromatic heterocycles. The zero-order chi connectivity index (χ0) is 16.7. The van der Waals surface area contributed by atoms with Crippen LogP contribution < -0.4 is 0 Å². The second-order valence-corrected chi connectivity index (χ2v) is 7.36. The van der Waals surface area contributed by atoms with Crippen molar-refractivity contribution < 1.29 is 24.3 Å². The van der Waals surface area contributed by atoms with Gasteiger partial charge in [0, 0.05) is 5.82 Å². The number of halogens is 1. The molecule has 0 bridgehead atoms. The Morgan fingerprint density at radius 2 is 1.82 bits per heavy atom. The summed E-state index contributed by atoms with van der Waals surface area (Å²) in [4.78, 5) is 11.3. The zero-order valence-electron chi connectivity index (χ0n) is 13.1. The molecule has 5 nitrogen and oxygen atoms in total. The van der Waals surface area contributed by atoms with Gasteiger partial charge in [-0.1, -0.05) is 12.1 Å². The second kappa shape index (κ2) is 5.87. The van der Waals surface area contributed by atoms with Crippen LogP contribution in [-0.2, 0) is 14.1 Å². The first kappa shape index (κ1) is 17.3. The predicted molar refractivity (Wildman–Crippen MR) is 86.9 cm³/mol. The first-order chi connectivity index (χ1) is 10.0. The van der Waals surface area contributed by atoms with Crippen molar-refractivity contribution in [3.63, 3.8) is 0 Å². The molecule has 22 heavy (non-hydrogen) atoms. The summed E-state index contributed by atoms with van der Waals surface area (Å²) in [5.74, 6) is -1.56. The lowest BCUT2D eigenvalue weighted by molar-refractivity contribution is -0.137. The van der Waals surface area contributed by atoms with Crippen LogP contribution >= 0.6 is 15.9 Å². The van der Waals surface area contributed by atoms with Crippen molar-refractivity contribution >= 4 is 29.0 Å². The van der Waals surface area contributed by atoms with Gasteiger partial charge in [-0.15, -0.1) is 0 Å². The maximum absolute atomic E-state index is 11.3. The molecule has 120 valence electrons. The van der Waals surface area contributed by atoms with E-state index in [2.05, 4.69) is 15.9 Å². The molecule has 1 heterocycles. The van der Waals surface area contributed by atoms with Gasteiger partial charge in [0.05, 0.1) is 22.1 Å². The number of hydrogen-bond donors (Lipinski definition) is 2. The van der Waals surface area contributed by atoms with Gasteiger partial charge in [-0.25, -0.2) is 0 Å². The molecule has 0 radical (unpaired) electrons. The van der Waals surface area contributed by atoms with Crippen molar-refractivity contribution in [2.24, 2.45) is 0 Å².